The Morgan fingerprint density at radius 1 is 1.10 bits per heavy atom. The summed E-state index contributed by atoms with van der Waals surface area (Å²) in [5.41, 5.74) is 1.55. The summed E-state index contributed by atoms with van der Waals surface area (Å²) in [6.45, 7) is -0.546. The monoisotopic (exact) mass is 549 g/mol. The lowest BCUT2D eigenvalue weighted by Crippen LogP contribution is -2.41. The lowest BCUT2D eigenvalue weighted by molar-refractivity contribution is 0.0929. The first-order valence-electron chi connectivity index (χ1n) is 12.7. The van der Waals surface area contributed by atoms with Crippen molar-refractivity contribution in [3.8, 4) is 22.4 Å². The maximum Gasteiger partial charge on any atom is 0.254 e. The molecule has 5 heterocycles. The number of nitrogens with one attached hydrogen (secondary N) is 2. The summed E-state index contributed by atoms with van der Waals surface area (Å²) >= 11 is 6.16. The molecule has 1 saturated carbocycles. The number of imidazole rings is 1. The molecule has 0 saturated heterocycles. The Hall–Kier alpha value is -3.89. The third-order valence-electron chi connectivity index (χ3n) is 8.07. The van der Waals surface area contributed by atoms with Crippen LogP contribution in [0.3, 0.4) is 0 Å². The molecule has 1 spiro atoms. The van der Waals surface area contributed by atoms with E-state index in [0.717, 1.165) is 12.8 Å². The van der Waals surface area contributed by atoms with Gasteiger partial charge in [0.05, 0.1) is 35.1 Å². The summed E-state index contributed by atoms with van der Waals surface area (Å²) in [7, 11) is 0. The molecular weight excluding hydrogens is 528 g/mol. The predicted octanol–water partition coefficient (Wildman–Crippen LogP) is 4.08. The second kappa shape index (κ2) is 8.56. The van der Waals surface area contributed by atoms with Crippen LogP contribution in [-0.4, -0.2) is 36.1 Å². The quantitative estimate of drug-likeness (QED) is 0.356. The average Bonchev–Trinajstić information content (AvgIpc) is 3.28. The van der Waals surface area contributed by atoms with Crippen LogP contribution >= 0.6 is 11.6 Å². The molecule has 4 aromatic rings. The highest BCUT2D eigenvalue weighted by Crippen LogP contribution is 2.46. The summed E-state index contributed by atoms with van der Waals surface area (Å²) in [6, 6.07) is 5.51. The molecule has 1 atom stereocenters. The van der Waals surface area contributed by atoms with Crippen molar-refractivity contribution in [2.45, 2.75) is 50.3 Å². The van der Waals surface area contributed by atoms with E-state index in [0.29, 0.717) is 42.0 Å². The Balaban J connectivity index is 1.38. The SMILES string of the molecule is O=C1NC2(CC2)Cc2ccc(Cl)c(F)c2-c2cc(=O)n3c(c21)CCC3c1ncc(-c2ccnc(CO)c2F)[nH]1. The molecule has 39 heavy (non-hydrogen) atoms. The van der Waals surface area contributed by atoms with Gasteiger partial charge in [-0.25, -0.2) is 13.8 Å². The maximum absolute atomic E-state index is 15.5. The van der Waals surface area contributed by atoms with Crippen LogP contribution in [0.2, 0.25) is 5.02 Å². The van der Waals surface area contributed by atoms with Gasteiger partial charge in [-0.3, -0.25) is 14.6 Å². The van der Waals surface area contributed by atoms with Gasteiger partial charge in [-0.05, 0) is 49.8 Å². The van der Waals surface area contributed by atoms with Gasteiger partial charge in [-0.2, -0.15) is 0 Å². The molecule has 2 aliphatic heterocycles. The van der Waals surface area contributed by atoms with Gasteiger partial charge in [0.25, 0.3) is 11.5 Å². The van der Waals surface area contributed by atoms with Crippen molar-refractivity contribution in [3.63, 3.8) is 0 Å². The van der Waals surface area contributed by atoms with Gasteiger partial charge in [-0.1, -0.05) is 17.7 Å². The van der Waals surface area contributed by atoms with Gasteiger partial charge in [0.15, 0.2) is 5.82 Å². The third kappa shape index (κ3) is 3.65. The van der Waals surface area contributed by atoms with Gasteiger partial charge in [0.2, 0.25) is 0 Å². The van der Waals surface area contributed by atoms with Gasteiger partial charge < -0.3 is 20.0 Å². The first-order chi connectivity index (χ1) is 18.8. The molecule has 7 rings (SSSR count). The smallest absolute Gasteiger partial charge is 0.254 e. The number of H-pyrrole nitrogens is 1. The van der Waals surface area contributed by atoms with E-state index in [1.165, 1.54) is 35.2 Å². The van der Waals surface area contributed by atoms with Crippen molar-refractivity contribution in [2.24, 2.45) is 0 Å². The standard InChI is InChI=1S/C28H22ClF2N5O3/c29-16-2-1-13-10-28(6-7-28)35-27(39)23-15(22(13)25(16)31)9-21(38)36-19(23)3-4-20(36)26-33-11-17(34-26)14-5-8-32-18(12-37)24(14)30/h1-2,5,8-9,11,20,37H,3-4,6-7,10,12H2,(H,33,34)(H,35,39). The number of hydrogen-bond acceptors (Lipinski definition) is 5. The highest BCUT2D eigenvalue weighted by molar-refractivity contribution is 6.31. The molecule has 11 heteroatoms. The van der Waals surface area contributed by atoms with Gasteiger partial charge in [0, 0.05) is 40.2 Å². The van der Waals surface area contributed by atoms with Crippen LogP contribution in [0.4, 0.5) is 8.78 Å². The normalized spacial score (nSPS) is 18.7. The number of nitrogens with zero attached hydrogens (tertiary/aromatic N) is 3. The van der Waals surface area contributed by atoms with Gasteiger partial charge >= 0.3 is 0 Å². The molecule has 3 aromatic heterocycles. The van der Waals surface area contributed by atoms with Gasteiger partial charge in [0.1, 0.15) is 17.3 Å². The molecule has 198 valence electrons. The van der Waals surface area contributed by atoms with E-state index in [1.807, 2.05) is 0 Å². The Morgan fingerprint density at radius 3 is 2.69 bits per heavy atom. The number of aromatic nitrogens is 4. The molecule has 1 amide bonds. The second-order valence-electron chi connectivity index (χ2n) is 10.4. The molecule has 3 N–H and O–H groups in total. The Bertz CT molecular complexity index is 1760. The number of carbonyl (C=O) groups is 1. The minimum Gasteiger partial charge on any atom is -0.390 e. The third-order valence-corrected chi connectivity index (χ3v) is 8.36. The average molecular weight is 550 g/mol. The number of pyridine rings is 2. The number of amides is 1. The zero-order chi connectivity index (χ0) is 27.1. The summed E-state index contributed by atoms with van der Waals surface area (Å²) < 4.78 is 31.8. The Morgan fingerprint density at radius 2 is 1.92 bits per heavy atom. The molecule has 1 aromatic carbocycles. The van der Waals surface area contributed by atoms with Crippen LogP contribution in [0.5, 0.6) is 0 Å². The number of fused-ring (bicyclic) bond motifs is 5. The lowest BCUT2D eigenvalue weighted by atomic mass is 9.88. The van der Waals surface area contributed by atoms with Crippen LogP contribution in [-0.2, 0) is 19.4 Å². The summed E-state index contributed by atoms with van der Waals surface area (Å²) in [4.78, 5) is 38.6. The van der Waals surface area contributed by atoms with Crippen LogP contribution in [0, 0.1) is 11.6 Å². The van der Waals surface area contributed by atoms with Crippen LogP contribution in [0.15, 0.2) is 41.5 Å². The summed E-state index contributed by atoms with van der Waals surface area (Å²) in [6.07, 6.45) is 5.73. The number of aliphatic hydroxyl groups is 1. The molecule has 1 unspecified atom stereocenters. The molecule has 1 aliphatic carbocycles. The van der Waals surface area contributed by atoms with E-state index in [2.05, 4.69) is 20.3 Å². The van der Waals surface area contributed by atoms with Crippen LogP contribution < -0.4 is 10.9 Å². The number of aromatic amines is 1. The largest absolute Gasteiger partial charge is 0.390 e. The van der Waals surface area contributed by atoms with Crippen molar-refractivity contribution >= 4 is 17.5 Å². The van der Waals surface area contributed by atoms with E-state index in [9.17, 15) is 19.1 Å². The van der Waals surface area contributed by atoms with Crippen molar-refractivity contribution in [1.29, 1.82) is 0 Å². The molecule has 1 fully saturated rings. The first-order valence-corrected chi connectivity index (χ1v) is 13.1. The number of rotatable bonds is 3. The molecule has 0 bridgehead atoms. The number of benzene rings is 1. The Labute approximate surface area is 225 Å². The fourth-order valence-electron chi connectivity index (χ4n) is 6.02. The zero-order valence-corrected chi connectivity index (χ0v) is 21.3. The topological polar surface area (TPSA) is 113 Å². The van der Waals surface area contributed by atoms with Crippen molar-refractivity contribution in [3.05, 3.63) is 92.0 Å². The minimum atomic E-state index is -0.661. The van der Waals surface area contributed by atoms with Crippen molar-refractivity contribution in [1.82, 2.24) is 24.8 Å². The predicted molar refractivity (Wildman–Crippen MR) is 138 cm³/mol. The van der Waals surface area contributed by atoms with E-state index in [4.69, 9.17) is 11.6 Å². The zero-order valence-electron chi connectivity index (χ0n) is 20.5. The first kappa shape index (κ1) is 24.2. The van der Waals surface area contributed by atoms with E-state index in [1.54, 1.807) is 6.07 Å². The molecule has 3 aliphatic rings. The highest BCUT2D eigenvalue weighted by atomic mass is 35.5. The molecule has 0 radical (unpaired) electrons. The van der Waals surface area contributed by atoms with Crippen molar-refractivity contribution < 1.29 is 18.7 Å². The Kier molecular flexibility index (Phi) is 5.30. The summed E-state index contributed by atoms with van der Waals surface area (Å²) in [5.74, 6) is -1.22. The van der Waals surface area contributed by atoms with E-state index in [-0.39, 0.29) is 38.9 Å². The fraction of sp³-hybridized carbons (Fsp3) is 0.286. The summed E-state index contributed by atoms with van der Waals surface area (Å²) in [5, 5.41) is 12.4. The van der Waals surface area contributed by atoms with Crippen LogP contribution in [0.25, 0.3) is 22.4 Å². The highest BCUT2D eigenvalue weighted by Gasteiger charge is 2.47. The van der Waals surface area contributed by atoms with E-state index >= 15 is 4.39 Å². The number of hydrogen-bond donors (Lipinski definition) is 3. The second-order valence-corrected chi connectivity index (χ2v) is 10.8. The lowest BCUT2D eigenvalue weighted by Gasteiger charge is -2.27. The minimum absolute atomic E-state index is 0.0696. The van der Waals surface area contributed by atoms with Gasteiger partial charge in [-0.15, -0.1) is 0 Å². The van der Waals surface area contributed by atoms with Crippen LogP contribution in [0.1, 0.15) is 58.4 Å². The maximum atomic E-state index is 15.5. The van der Waals surface area contributed by atoms with E-state index < -0.39 is 35.4 Å². The number of carbonyl (C=O) groups excluding carboxylic acids is 1. The molecular formula is C28H22ClF2N5O3. The number of aliphatic hydroxyl groups excluding tert-OH is 1. The molecule has 8 nitrogen and oxygen atoms in total. The fourth-order valence-corrected chi connectivity index (χ4v) is 6.17. The van der Waals surface area contributed by atoms with Crippen molar-refractivity contribution in [2.75, 3.05) is 0 Å². The number of halogens is 3.